The Morgan fingerprint density at radius 3 is 2.65 bits per heavy atom. The molecule has 0 fully saturated rings. The Bertz CT molecular complexity index is 557. The molecule has 1 aromatic heterocycles. The number of rotatable bonds is 4. The summed E-state index contributed by atoms with van der Waals surface area (Å²) < 4.78 is 2.33. The van der Waals surface area contributed by atoms with Gasteiger partial charge in [-0.2, -0.15) is 0 Å². The van der Waals surface area contributed by atoms with Gasteiger partial charge in [0.1, 0.15) is 5.82 Å². The van der Waals surface area contributed by atoms with Crippen LogP contribution in [-0.2, 0) is 6.54 Å². The first kappa shape index (κ1) is 13.3. The van der Waals surface area contributed by atoms with Crippen molar-refractivity contribution < 1.29 is 0 Å². The summed E-state index contributed by atoms with van der Waals surface area (Å²) >= 11 is 0. The van der Waals surface area contributed by atoms with Gasteiger partial charge >= 0.3 is 0 Å². The van der Waals surface area contributed by atoms with Gasteiger partial charge in [-0.15, -0.1) is 10.2 Å². The van der Waals surface area contributed by atoms with Crippen molar-refractivity contribution in [1.29, 1.82) is 0 Å². The Morgan fingerprint density at radius 1 is 1.20 bits per heavy atom. The maximum absolute atomic E-state index is 4.49. The number of benzene rings is 1. The van der Waals surface area contributed by atoms with Gasteiger partial charge in [-0.25, -0.2) is 0 Å². The zero-order valence-electron chi connectivity index (χ0n) is 12.2. The van der Waals surface area contributed by atoms with E-state index >= 15 is 0 Å². The second kappa shape index (κ2) is 5.75. The minimum atomic E-state index is 0.167. The molecule has 1 aliphatic rings. The van der Waals surface area contributed by atoms with Crippen LogP contribution in [0.4, 0.5) is 0 Å². The van der Waals surface area contributed by atoms with Gasteiger partial charge in [-0.05, 0) is 18.4 Å². The van der Waals surface area contributed by atoms with E-state index in [9.17, 15) is 0 Å². The lowest BCUT2D eigenvalue weighted by molar-refractivity contribution is 0.434. The molecule has 1 aliphatic heterocycles. The molecule has 0 amide bonds. The summed E-state index contributed by atoms with van der Waals surface area (Å²) in [7, 11) is 0. The third-order valence-corrected chi connectivity index (χ3v) is 4.23. The molecule has 0 aliphatic carbocycles. The lowest BCUT2D eigenvalue weighted by Gasteiger charge is -2.26. The normalized spacial score (nSPS) is 18.2. The van der Waals surface area contributed by atoms with Gasteiger partial charge < -0.3 is 9.88 Å². The Labute approximate surface area is 120 Å². The predicted octanol–water partition coefficient (Wildman–Crippen LogP) is 2.87. The summed E-state index contributed by atoms with van der Waals surface area (Å²) in [5.41, 5.74) is 1.26. The highest BCUT2D eigenvalue weighted by atomic mass is 15.3. The lowest BCUT2D eigenvalue weighted by atomic mass is 10.0. The van der Waals surface area contributed by atoms with E-state index in [2.05, 4.69) is 58.2 Å². The molecule has 0 bridgehead atoms. The van der Waals surface area contributed by atoms with Crippen LogP contribution in [0.1, 0.15) is 55.9 Å². The molecule has 20 heavy (non-hydrogen) atoms. The first-order valence-electron chi connectivity index (χ1n) is 7.56. The lowest BCUT2D eigenvalue weighted by Crippen LogP contribution is -2.35. The van der Waals surface area contributed by atoms with Crippen molar-refractivity contribution in [3.8, 4) is 0 Å². The fourth-order valence-electron chi connectivity index (χ4n) is 3.05. The van der Waals surface area contributed by atoms with E-state index in [-0.39, 0.29) is 6.04 Å². The standard InChI is InChI=1S/C16H22N4/c1-3-12(4-2)15-18-19-16-14(17-10-11-20(15)16)13-8-6-5-7-9-13/h5-9,12,14,17H,3-4,10-11H2,1-2H3. The van der Waals surface area contributed by atoms with E-state index in [4.69, 9.17) is 0 Å². The van der Waals surface area contributed by atoms with Crippen LogP contribution in [-0.4, -0.2) is 21.3 Å². The van der Waals surface area contributed by atoms with Crippen molar-refractivity contribution in [2.24, 2.45) is 0 Å². The molecule has 0 saturated heterocycles. The molecule has 0 radical (unpaired) electrons. The van der Waals surface area contributed by atoms with E-state index in [0.29, 0.717) is 5.92 Å². The SMILES string of the molecule is CCC(CC)c1nnc2n1CCNC2c1ccccc1. The van der Waals surface area contributed by atoms with E-state index in [1.165, 1.54) is 5.56 Å². The Morgan fingerprint density at radius 2 is 1.95 bits per heavy atom. The Kier molecular flexibility index (Phi) is 3.83. The molecule has 4 heteroatoms. The van der Waals surface area contributed by atoms with Gasteiger partial charge in [-0.1, -0.05) is 44.2 Å². The molecule has 2 aromatic rings. The van der Waals surface area contributed by atoms with Gasteiger partial charge in [0.2, 0.25) is 0 Å². The first-order chi connectivity index (χ1) is 9.85. The summed E-state index contributed by atoms with van der Waals surface area (Å²) in [5, 5.41) is 12.5. The predicted molar refractivity (Wildman–Crippen MR) is 79.6 cm³/mol. The minimum absolute atomic E-state index is 0.167. The minimum Gasteiger partial charge on any atom is -0.312 e. The van der Waals surface area contributed by atoms with Crippen molar-refractivity contribution in [1.82, 2.24) is 20.1 Å². The third kappa shape index (κ3) is 2.24. The van der Waals surface area contributed by atoms with Gasteiger partial charge in [0, 0.05) is 19.0 Å². The first-order valence-corrected chi connectivity index (χ1v) is 7.56. The van der Waals surface area contributed by atoms with Crippen molar-refractivity contribution in [3.05, 3.63) is 47.5 Å². The highest BCUT2D eigenvalue weighted by molar-refractivity contribution is 5.26. The quantitative estimate of drug-likeness (QED) is 0.929. The van der Waals surface area contributed by atoms with Crippen LogP contribution in [0.2, 0.25) is 0 Å². The summed E-state index contributed by atoms with van der Waals surface area (Å²) in [6.45, 7) is 6.40. The smallest absolute Gasteiger partial charge is 0.154 e. The highest BCUT2D eigenvalue weighted by Gasteiger charge is 2.27. The van der Waals surface area contributed by atoms with Crippen LogP contribution in [0.5, 0.6) is 0 Å². The number of aromatic nitrogens is 3. The molecular formula is C16H22N4. The molecule has 3 rings (SSSR count). The van der Waals surface area contributed by atoms with E-state index in [0.717, 1.165) is 37.6 Å². The summed E-state index contributed by atoms with van der Waals surface area (Å²) in [6.07, 6.45) is 2.25. The molecule has 106 valence electrons. The van der Waals surface area contributed by atoms with E-state index < -0.39 is 0 Å². The summed E-state index contributed by atoms with van der Waals surface area (Å²) in [6, 6.07) is 10.7. The monoisotopic (exact) mass is 270 g/mol. The van der Waals surface area contributed by atoms with Gasteiger partial charge in [0.05, 0.1) is 6.04 Å². The number of hydrogen-bond donors (Lipinski definition) is 1. The molecule has 0 saturated carbocycles. The molecule has 1 unspecified atom stereocenters. The second-order valence-electron chi connectivity index (χ2n) is 5.38. The topological polar surface area (TPSA) is 42.7 Å². The van der Waals surface area contributed by atoms with Crippen LogP contribution in [0.25, 0.3) is 0 Å². The molecule has 4 nitrogen and oxygen atoms in total. The van der Waals surface area contributed by atoms with E-state index in [1.54, 1.807) is 0 Å². The molecule has 1 N–H and O–H groups in total. The van der Waals surface area contributed by atoms with Crippen molar-refractivity contribution >= 4 is 0 Å². The maximum atomic E-state index is 4.49. The number of fused-ring (bicyclic) bond motifs is 1. The fourth-order valence-corrected chi connectivity index (χ4v) is 3.05. The third-order valence-electron chi connectivity index (χ3n) is 4.23. The Balaban J connectivity index is 1.99. The molecule has 1 aromatic carbocycles. The maximum Gasteiger partial charge on any atom is 0.154 e. The molecule has 2 heterocycles. The Hall–Kier alpha value is -1.68. The van der Waals surface area contributed by atoms with Crippen LogP contribution in [0.15, 0.2) is 30.3 Å². The molecular weight excluding hydrogens is 248 g/mol. The van der Waals surface area contributed by atoms with Crippen LogP contribution in [0.3, 0.4) is 0 Å². The van der Waals surface area contributed by atoms with Crippen LogP contribution in [0, 0.1) is 0 Å². The van der Waals surface area contributed by atoms with E-state index in [1.807, 2.05) is 6.07 Å². The number of nitrogens with zero attached hydrogens (tertiary/aromatic N) is 3. The summed E-state index contributed by atoms with van der Waals surface area (Å²) in [5.74, 6) is 2.74. The molecule has 0 spiro atoms. The largest absolute Gasteiger partial charge is 0.312 e. The van der Waals surface area contributed by atoms with Crippen LogP contribution >= 0.6 is 0 Å². The molecule has 1 atom stereocenters. The van der Waals surface area contributed by atoms with Gasteiger partial charge in [0.25, 0.3) is 0 Å². The van der Waals surface area contributed by atoms with Gasteiger partial charge in [0.15, 0.2) is 5.82 Å². The zero-order valence-corrected chi connectivity index (χ0v) is 12.2. The van der Waals surface area contributed by atoms with Crippen molar-refractivity contribution in [2.45, 2.75) is 45.2 Å². The highest BCUT2D eigenvalue weighted by Crippen LogP contribution is 2.28. The van der Waals surface area contributed by atoms with Crippen LogP contribution < -0.4 is 5.32 Å². The van der Waals surface area contributed by atoms with Gasteiger partial charge in [-0.3, -0.25) is 0 Å². The average molecular weight is 270 g/mol. The summed E-state index contributed by atoms with van der Waals surface area (Å²) in [4.78, 5) is 0. The number of hydrogen-bond acceptors (Lipinski definition) is 3. The van der Waals surface area contributed by atoms with Crippen molar-refractivity contribution in [3.63, 3.8) is 0 Å². The average Bonchev–Trinajstić information content (AvgIpc) is 2.94. The van der Waals surface area contributed by atoms with Crippen molar-refractivity contribution in [2.75, 3.05) is 6.54 Å². The second-order valence-corrected chi connectivity index (χ2v) is 5.38. The number of nitrogens with one attached hydrogen (secondary N) is 1. The fraction of sp³-hybridized carbons (Fsp3) is 0.500. The zero-order chi connectivity index (χ0) is 13.9.